The molecule has 2 rings (SSSR count). The Morgan fingerprint density at radius 2 is 2.09 bits per heavy atom. The molecule has 6 heteroatoms. The van der Waals surface area contributed by atoms with Gasteiger partial charge in [-0.1, -0.05) is 38.1 Å². The number of hydrogen-bond acceptors (Lipinski definition) is 4. The normalized spacial score (nSPS) is 17.5. The Kier molecular flexibility index (Phi) is 5.62. The van der Waals surface area contributed by atoms with Crippen molar-refractivity contribution in [2.45, 2.75) is 39.5 Å². The van der Waals surface area contributed by atoms with Crippen LogP contribution in [0.5, 0.6) is 0 Å². The van der Waals surface area contributed by atoms with E-state index in [9.17, 15) is 9.59 Å². The van der Waals surface area contributed by atoms with Gasteiger partial charge in [-0.3, -0.25) is 9.59 Å². The summed E-state index contributed by atoms with van der Waals surface area (Å²) in [5, 5.41) is 7.80. The topological polar surface area (TPSA) is 82.9 Å². The summed E-state index contributed by atoms with van der Waals surface area (Å²) in [7, 11) is 0. The Balaban J connectivity index is 1.77. The van der Waals surface area contributed by atoms with Crippen LogP contribution in [0.25, 0.3) is 0 Å². The Labute approximate surface area is 136 Å². The number of nitrogens with one attached hydrogen (secondary N) is 2. The minimum absolute atomic E-state index is 0.149. The molecule has 2 N–H and O–H groups in total. The van der Waals surface area contributed by atoms with E-state index in [4.69, 9.17) is 0 Å². The van der Waals surface area contributed by atoms with Gasteiger partial charge in [0.05, 0.1) is 12.1 Å². The molecule has 0 spiro atoms. The second-order valence-corrected chi connectivity index (χ2v) is 5.94. The maximum Gasteiger partial charge on any atom is 0.248 e. The molecule has 0 saturated heterocycles. The molecule has 122 valence electrons. The molecule has 2 amide bonds. The molecule has 0 fully saturated rings. The van der Waals surface area contributed by atoms with Crippen LogP contribution in [0.2, 0.25) is 0 Å². The molecular weight excluding hydrogens is 292 g/mol. The van der Waals surface area contributed by atoms with Crippen LogP contribution in [0.3, 0.4) is 0 Å². The van der Waals surface area contributed by atoms with Crippen LogP contribution >= 0.6 is 0 Å². The Morgan fingerprint density at radius 1 is 1.39 bits per heavy atom. The van der Waals surface area contributed by atoms with Crippen molar-refractivity contribution in [3.8, 4) is 0 Å². The maximum atomic E-state index is 11.8. The molecule has 0 aromatic heterocycles. The third kappa shape index (κ3) is 4.74. The highest BCUT2D eigenvalue weighted by molar-refractivity contribution is 6.07. The van der Waals surface area contributed by atoms with Crippen LogP contribution in [0, 0.1) is 5.92 Å². The average Bonchev–Trinajstić information content (AvgIpc) is 2.84. The number of hydrogen-bond donors (Lipinski definition) is 2. The summed E-state index contributed by atoms with van der Waals surface area (Å²) in [6, 6.07) is 8.03. The predicted octanol–water partition coefficient (Wildman–Crippen LogP) is 2.16. The lowest BCUT2D eigenvalue weighted by molar-refractivity contribution is -0.123. The zero-order valence-electron chi connectivity index (χ0n) is 13.7. The monoisotopic (exact) mass is 314 g/mol. The van der Waals surface area contributed by atoms with Crippen LogP contribution < -0.4 is 10.9 Å². The number of carbonyl (C=O) groups is 2. The first kappa shape index (κ1) is 16.9. The van der Waals surface area contributed by atoms with E-state index in [1.54, 1.807) is 13.1 Å². The molecule has 23 heavy (non-hydrogen) atoms. The highest BCUT2D eigenvalue weighted by Gasteiger charge is 2.26. The summed E-state index contributed by atoms with van der Waals surface area (Å²) >= 11 is 0. The zero-order valence-corrected chi connectivity index (χ0v) is 13.7. The zero-order chi connectivity index (χ0) is 16.8. The van der Waals surface area contributed by atoms with Crippen molar-refractivity contribution in [2.75, 3.05) is 0 Å². The SMILES string of the molecule is CC1=NNC(=O)C1CCC(=O)N/N=C/c1ccc(C(C)C)cc1. The molecule has 0 radical (unpaired) electrons. The molecule has 0 bridgehead atoms. The van der Waals surface area contributed by atoms with Crippen molar-refractivity contribution in [2.24, 2.45) is 16.1 Å². The van der Waals surface area contributed by atoms with E-state index in [1.807, 2.05) is 12.1 Å². The van der Waals surface area contributed by atoms with Crippen molar-refractivity contribution < 1.29 is 9.59 Å². The van der Waals surface area contributed by atoms with Gasteiger partial charge in [0.1, 0.15) is 0 Å². The summed E-state index contributed by atoms with van der Waals surface area (Å²) in [6.07, 6.45) is 2.27. The van der Waals surface area contributed by atoms with E-state index in [1.165, 1.54) is 5.56 Å². The van der Waals surface area contributed by atoms with E-state index in [0.717, 1.165) is 11.3 Å². The quantitative estimate of drug-likeness (QED) is 0.623. The molecule has 1 atom stereocenters. The molecule has 1 aliphatic rings. The van der Waals surface area contributed by atoms with Crippen molar-refractivity contribution in [1.29, 1.82) is 0 Å². The minimum Gasteiger partial charge on any atom is -0.273 e. The van der Waals surface area contributed by atoms with E-state index in [0.29, 0.717) is 12.3 Å². The molecular formula is C17H22N4O2. The Bertz CT molecular complexity index is 632. The Hall–Kier alpha value is -2.50. The molecule has 1 aromatic rings. The van der Waals surface area contributed by atoms with Gasteiger partial charge in [0, 0.05) is 12.1 Å². The fourth-order valence-electron chi connectivity index (χ4n) is 2.31. The fourth-order valence-corrected chi connectivity index (χ4v) is 2.31. The molecule has 1 aromatic carbocycles. The van der Waals surface area contributed by atoms with Gasteiger partial charge in [-0.2, -0.15) is 10.2 Å². The number of carbonyl (C=O) groups excluding carboxylic acids is 2. The average molecular weight is 314 g/mol. The first-order valence-electron chi connectivity index (χ1n) is 7.73. The van der Waals surface area contributed by atoms with Crippen LogP contribution in [0.15, 0.2) is 34.5 Å². The van der Waals surface area contributed by atoms with Crippen LogP contribution in [0.1, 0.15) is 50.7 Å². The van der Waals surface area contributed by atoms with Gasteiger partial charge in [0.2, 0.25) is 11.8 Å². The first-order chi connectivity index (χ1) is 11.0. The molecule has 1 unspecified atom stereocenters. The van der Waals surface area contributed by atoms with Crippen LogP contribution in [-0.2, 0) is 9.59 Å². The maximum absolute atomic E-state index is 11.8. The summed E-state index contributed by atoms with van der Waals surface area (Å²) in [5.74, 6) is -0.189. The van der Waals surface area contributed by atoms with Gasteiger partial charge >= 0.3 is 0 Å². The highest BCUT2D eigenvalue weighted by Crippen LogP contribution is 2.14. The Morgan fingerprint density at radius 3 is 2.65 bits per heavy atom. The van der Waals surface area contributed by atoms with E-state index >= 15 is 0 Å². The summed E-state index contributed by atoms with van der Waals surface area (Å²) in [6.45, 7) is 6.06. The standard InChI is InChI=1S/C17H22N4O2/c1-11(2)14-6-4-13(5-7-14)10-18-20-16(22)9-8-15-12(3)19-21-17(15)23/h4-7,10-11,15H,8-9H2,1-3H3,(H,20,22)(H,21,23)/b18-10+. The second-order valence-electron chi connectivity index (χ2n) is 5.94. The van der Waals surface area contributed by atoms with Crippen LogP contribution in [0.4, 0.5) is 0 Å². The fraction of sp³-hybridized carbons (Fsp3) is 0.412. The molecule has 1 heterocycles. The lowest BCUT2D eigenvalue weighted by Crippen LogP contribution is -2.25. The lowest BCUT2D eigenvalue weighted by Gasteiger charge is -2.06. The number of benzene rings is 1. The molecule has 0 aliphatic carbocycles. The highest BCUT2D eigenvalue weighted by atomic mass is 16.2. The van der Waals surface area contributed by atoms with E-state index < -0.39 is 0 Å². The third-order valence-corrected chi connectivity index (χ3v) is 3.83. The van der Waals surface area contributed by atoms with Crippen LogP contribution in [-0.4, -0.2) is 23.7 Å². The van der Waals surface area contributed by atoms with Gasteiger partial charge in [-0.25, -0.2) is 10.9 Å². The van der Waals surface area contributed by atoms with E-state index in [-0.39, 0.29) is 24.2 Å². The predicted molar refractivity (Wildman–Crippen MR) is 90.2 cm³/mol. The van der Waals surface area contributed by atoms with Gasteiger partial charge in [-0.05, 0) is 30.4 Å². The molecule has 6 nitrogen and oxygen atoms in total. The molecule has 0 saturated carbocycles. The smallest absolute Gasteiger partial charge is 0.248 e. The minimum atomic E-state index is -0.312. The van der Waals surface area contributed by atoms with Crippen molar-refractivity contribution in [3.05, 3.63) is 35.4 Å². The summed E-state index contributed by atoms with van der Waals surface area (Å²) in [4.78, 5) is 23.2. The van der Waals surface area contributed by atoms with Gasteiger partial charge in [0.15, 0.2) is 0 Å². The number of hydrazone groups is 2. The van der Waals surface area contributed by atoms with Gasteiger partial charge in [-0.15, -0.1) is 0 Å². The van der Waals surface area contributed by atoms with Gasteiger partial charge < -0.3 is 0 Å². The number of rotatable bonds is 6. The number of nitrogens with zero attached hydrogens (tertiary/aromatic N) is 2. The van der Waals surface area contributed by atoms with E-state index in [2.05, 4.69) is 47.0 Å². The second kappa shape index (κ2) is 7.67. The first-order valence-corrected chi connectivity index (χ1v) is 7.73. The third-order valence-electron chi connectivity index (χ3n) is 3.83. The largest absolute Gasteiger partial charge is 0.273 e. The lowest BCUT2D eigenvalue weighted by atomic mass is 9.99. The van der Waals surface area contributed by atoms with Crippen molar-refractivity contribution in [1.82, 2.24) is 10.9 Å². The van der Waals surface area contributed by atoms with Crippen molar-refractivity contribution >= 4 is 23.7 Å². The molecule has 1 aliphatic heterocycles. The summed E-state index contributed by atoms with van der Waals surface area (Å²) in [5.41, 5.74) is 7.79. The number of amides is 2. The summed E-state index contributed by atoms with van der Waals surface area (Å²) < 4.78 is 0. The van der Waals surface area contributed by atoms with Crippen molar-refractivity contribution in [3.63, 3.8) is 0 Å². The van der Waals surface area contributed by atoms with Gasteiger partial charge in [0.25, 0.3) is 0 Å².